The summed E-state index contributed by atoms with van der Waals surface area (Å²) in [5.74, 6) is -0.814. The fraction of sp³-hybridized carbons (Fsp3) is 0.952. The van der Waals surface area contributed by atoms with Crippen molar-refractivity contribution in [2.75, 3.05) is 26.4 Å². The third kappa shape index (κ3) is 38.7. The first-order valence-electron chi connectivity index (χ1n) is 22.0. The molecule has 0 fully saturated rings. The van der Waals surface area contributed by atoms with Crippen LogP contribution in [-0.4, -0.2) is 49.3 Å². The SMILES string of the molecule is CCCCCCCCCCCCCCCCCCCCCCC(=O)OC(COC(=O)CCCCCCCCCCCCC)COP(=O)(O)OCCN. The molecule has 0 rings (SSSR count). The minimum atomic E-state index is -4.37. The van der Waals surface area contributed by atoms with Crippen LogP contribution in [0.25, 0.3) is 0 Å². The lowest BCUT2D eigenvalue weighted by atomic mass is 10.0. The number of nitrogens with two attached hydrogens (primary N) is 1. The van der Waals surface area contributed by atoms with Gasteiger partial charge in [-0.3, -0.25) is 18.6 Å². The summed E-state index contributed by atoms with van der Waals surface area (Å²) in [6, 6.07) is 0. The highest BCUT2D eigenvalue weighted by Crippen LogP contribution is 2.43. The van der Waals surface area contributed by atoms with E-state index in [1.165, 1.54) is 161 Å². The van der Waals surface area contributed by atoms with Gasteiger partial charge in [0.05, 0.1) is 13.2 Å². The molecule has 0 aliphatic carbocycles. The van der Waals surface area contributed by atoms with Gasteiger partial charge in [-0.15, -0.1) is 0 Å². The molecule has 0 bridgehead atoms. The third-order valence-corrected chi connectivity index (χ3v) is 10.7. The van der Waals surface area contributed by atoms with Gasteiger partial charge in [-0.25, -0.2) is 4.57 Å². The predicted octanol–water partition coefficient (Wildman–Crippen LogP) is 12.4. The maximum absolute atomic E-state index is 12.6. The highest BCUT2D eigenvalue weighted by molar-refractivity contribution is 7.47. The van der Waals surface area contributed by atoms with E-state index in [4.69, 9.17) is 24.3 Å². The van der Waals surface area contributed by atoms with Gasteiger partial charge >= 0.3 is 19.8 Å². The minimum absolute atomic E-state index is 0.0580. The first-order valence-corrected chi connectivity index (χ1v) is 23.5. The Morgan fingerprint density at radius 1 is 0.500 bits per heavy atom. The molecule has 0 aromatic heterocycles. The Morgan fingerprint density at radius 2 is 0.827 bits per heavy atom. The molecule has 0 saturated carbocycles. The van der Waals surface area contributed by atoms with Gasteiger partial charge in [0, 0.05) is 19.4 Å². The highest BCUT2D eigenvalue weighted by atomic mass is 31.2. The van der Waals surface area contributed by atoms with E-state index in [0.717, 1.165) is 32.1 Å². The number of unbranched alkanes of at least 4 members (excludes halogenated alkanes) is 29. The summed E-state index contributed by atoms with van der Waals surface area (Å²) in [5.41, 5.74) is 5.34. The molecular weight excluding hydrogens is 677 g/mol. The molecule has 0 aliphatic rings. The Balaban J connectivity index is 4.04. The fourth-order valence-corrected chi connectivity index (χ4v) is 7.23. The van der Waals surface area contributed by atoms with Crippen LogP contribution in [0.3, 0.4) is 0 Å². The van der Waals surface area contributed by atoms with Crippen molar-refractivity contribution in [2.24, 2.45) is 5.73 Å². The molecule has 0 spiro atoms. The van der Waals surface area contributed by atoms with Gasteiger partial charge < -0.3 is 20.1 Å². The molecule has 0 aliphatic heterocycles. The van der Waals surface area contributed by atoms with E-state index in [-0.39, 0.29) is 38.6 Å². The van der Waals surface area contributed by atoms with Crippen LogP contribution >= 0.6 is 7.82 Å². The number of phosphoric acid groups is 1. The molecule has 52 heavy (non-hydrogen) atoms. The number of rotatable bonds is 42. The fourth-order valence-electron chi connectivity index (χ4n) is 6.46. The lowest BCUT2D eigenvalue weighted by molar-refractivity contribution is -0.161. The van der Waals surface area contributed by atoms with Crippen molar-refractivity contribution in [1.82, 2.24) is 0 Å². The molecule has 0 radical (unpaired) electrons. The maximum Gasteiger partial charge on any atom is 0.472 e. The van der Waals surface area contributed by atoms with Crippen molar-refractivity contribution in [1.29, 1.82) is 0 Å². The van der Waals surface area contributed by atoms with Gasteiger partial charge in [-0.1, -0.05) is 200 Å². The summed E-state index contributed by atoms with van der Waals surface area (Å²) in [5, 5.41) is 0. The second kappa shape index (κ2) is 39.7. The van der Waals surface area contributed by atoms with E-state index in [1.54, 1.807) is 0 Å². The normalized spacial score (nSPS) is 13.2. The van der Waals surface area contributed by atoms with Crippen LogP contribution in [0.1, 0.15) is 226 Å². The van der Waals surface area contributed by atoms with E-state index in [0.29, 0.717) is 6.42 Å². The monoisotopic (exact) mass is 762 g/mol. The van der Waals surface area contributed by atoms with Gasteiger partial charge in [-0.05, 0) is 12.8 Å². The van der Waals surface area contributed by atoms with Crippen molar-refractivity contribution >= 4 is 19.8 Å². The van der Waals surface area contributed by atoms with Gasteiger partial charge in [0.15, 0.2) is 6.10 Å². The highest BCUT2D eigenvalue weighted by Gasteiger charge is 2.26. The lowest BCUT2D eigenvalue weighted by Crippen LogP contribution is -2.29. The molecule has 9 nitrogen and oxygen atoms in total. The summed E-state index contributed by atoms with van der Waals surface area (Å²) in [7, 11) is -4.37. The van der Waals surface area contributed by atoms with Crippen LogP contribution in [0.2, 0.25) is 0 Å². The van der Waals surface area contributed by atoms with Gasteiger partial charge in [0.1, 0.15) is 6.61 Å². The number of carbonyl (C=O) groups is 2. The summed E-state index contributed by atoms with van der Waals surface area (Å²) in [6.07, 6.45) is 38.5. The average Bonchev–Trinajstić information content (AvgIpc) is 3.13. The number of carbonyl (C=O) groups excluding carboxylic acids is 2. The van der Waals surface area contributed by atoms with E-state index in [9.17, 15) is 19.0 Å². The van der Waals surface area contributed by atoms with Crippen LogP contribution in [0.5, 0.6) is 0 Å². The molecule has 2 unspecified atom stereocenters. The Hall–Kier alpha value is -0.990. The molecule has 3 N–H and O–H groups in total. The quantitative estimate of drug-likeness (QED) is 0.0354. The van der Waals surface area contributed by atoms with Gasteiger partial charge in [0.25, 0.3) is 0 Å². The summed E-state index contributed by atoms with van der Waals surface area (Å²) >= 11 is 0. The molecule has 10 heteroatoms. The zero-order valence-electron chi connectivity index (χ0n) is 34.1. The number of ether oxygens (including phenoxy) is 2. The molecule has 0 aromatic carbocycles. The van der Waals surface area contributed by atoms with Crippen molar-refractivity contribution in [3.05, 3.63) is 0 Å². The van der Waals surface area contributed by atoms with Gasteiger partial charge in [0.2, 0.25) is 0 Å². The molecule has 0 heterocycles. The summed E-state index contributed by atoms with van der Waals surface area (Å²) in [6.45, 7) is 3.76. The molecule has 0 amide bonds. The zero-order valence-corrected chi connectivity index (χ0v) is 35.0. The second-order valence-electron chi connectivity index (χ2n) is 14.9. The third-order valence-electron chi connectivity index (χ3n) is 9.74. The Morgan fingerprint density at radius 3 is 1.17 bits per heavy atom. The Labute approximate surface area is 320 Å². The molecule has 2 atom stereocenters. The molecule has 0 saturated heterocycles. The largest absolute Gasteiger partial charge is 0.472 e. The Kier molecular flexibility index (Phi) is 38.9. The molecular formula is C42H84NO8P. The average molecular weight is 762 g/mol. The Bertz CT molecular complexity index is 830. The maximum atomic E-state index is 12.6. The number of esters is 2. The minimum Gasteiger partial charge on any atom is -0.462 e. The van der Waals surface area contributed by atoms with Crippen molar-refractivity contribution in [3.63, 3.8) is 0 Å². The van der Waals surface area contributed by atoms with E-state index in [1.807, 2.05) is 0 Å². The number of hydrogen-bond donors (Lipinski definition) is 2. The van der Waals surface area contributed by atoms with Crippen LogP contribution in [0.4, 0.5) is 0 Å². The van der Waals surface area contributed by atoms with E-state index >= 15 is 0 Å². The number of hydrogen-bond acceptors (Lipinski definition) is 8. The van der Waals surface area contributed by atoms with Crippen molar-refractivity contribution in [3.8, 4) is 0 Å². The standard InChI is InChI=1S/C42H84NO8P/c1-3-5-7-9-11-13-15-16-17-18-19-20-21-22-23-25-27-29-31-33-35-42(45)51-40(39-50-52(46,47)49-37-36-43)38-48-41(44)34-32-30-28-26-24-14-12-10-8-6-4-2/h40H,3-39,43H2,1-2H3,(H,46,47). The van der Waals surface area contributed by atoms with Crippen molar-refractivity contribution < 1.29 is 37.6 Å². The smallest absolute Gasteiger partial charge is 0.462 e. The van der Waals surface area contributed by atoms with Crippen LogP contribution in [0, 0.1) is 0 Å². The van der Waals surface area contributed by atoms with E-state index in [2.05, 4.69) is 13.8 Å². The van der Waals surface area contributed by atoms with E-state index < -0.39 is 26.5 Å². The van der Waals surface area contributed by atoms with Crippen LogP contribution < -0.4 is 5.73 Å². The van der Waals surface area contributed by atoms with Gasteiger partial charge in [-0.2, -0.15) is 0 Å². The lowest BCUT2D eigenvalue weighted by Gasteiger charge is -2.19. The predicted molar refractivity (Wildman–Crippen MR) is 215 cm³/mol. The van der Waals surface area contributed by atoms with Crippen LogP contribution in [-0.2, 0) is 32.7 Å². The molecule has 310 valence electrons. The zero-order chi connectivity index (χ0) is 38.2. The second-order valence-corrected chi connectivity index (χ2v) is 16.4. The van der Waals surface area contributed by atoms with Crippen LogP contribution in [0.15, 0.2) is 0 Å². The molecule has 0 aromatic rings. The summed E-state index contributed by atoms with van der Waals surface area (Å²) in [4.78, 5) is 34.8. The first kappa shape index (κ1) is 51.0. The summed E-state index contributed by atoms with van der Waals surface area (Å²) < 4.78 is 32.7. The topological polar surface area (TPSA) is 134 Å². The van der Waals surface area contributed by atoms with Crippen molar-refractivity contribution in [2.45, 2.75) is 232 Å². The first-order chi connectivity index (χ1) is 25.3. The number of phosphoric ester groups is 1.